The van der Waals surface area contributed by atoms with Gasteiger partial charge in [0.15, 0.2) is 0 Å². The van der Waals surface area contributed by atoms with Gasteiger partial charge < -0.3 is 24.8 Å². The maximum atomic E-state index is 11.6. The van der Waals surface area contributed by atoms with Crippen LogP contribution in [0.15, 0.2) is 84.9 Å². The second kappa shape index (κ2) is 18.4. The van der Waals surface area contributed by atoms with Gasteiger partial charge in [0.25, 0.3) is 0 Å². The first kappa shape index (κ1) is 40.0. The standard InChI is InChI=1S/C18H17ClO3.C17H15ClO3.Li.HN3.H2O/c1-21-13-6-7-14(17(19)9-13)16-10-15(16)11-4-3-5-12(8-11)18(20)22-2;1-21-12-5-6-13(16(18)8-12)15-9-14(15)10-3-2-4-11(7-10)17(19)20;;1-3-2;/h3-9,15-16H,10H2,1-2H3;2-8,14-15H,9H2,1H3,(H,19,20);;1H;1H2/q;;+1;;/p-1/t15-,16-;14-,15-;;;/m11.../s1. The van der Waals surface area contributed by atoms with Crippen molar-refractivity contribution in [2.75, 3.05) is 21.3 Å². The van der Waals surface area contributed by atoms with Crippen molar-refractivity contribution >= 4 is 35.1 Å². The van der Waals surface area contributed by atoms with E-state index >= 15 is 0 Å². The van der Waals surface area contributed by atoms with E-state index in [1.54, 1.807) is 43.4 Å². The van der Waals surface area contributed by atoms with Gasteiger partial charge in [-0.15, -0.1) is 5.53 Å². The Morgan fingerprint density at radius 2 is 1.17 bits per heavy atom. The third kappa shape index (κ3) is 9.94. The van der Waals surface area contributed by atoms with Crippen molar-refractivity contribution < 1.29 is 53.2 Å². The Labute approximate surface area is 300 Å². The fourth-order valence-corrected chi connectivity index (χ4v) is 6.22. The molecule has 0 radical (unpaired) electrons. The van der Waals surface area contributed by atoms with E-state index in [0.29, 0.717) is 39.8 Å². The molecular weight excluding hydrogens is 652 g/mol. The first-order valence-electron chi connectivity index (χ1n) is 14.3. The van der Waals surface area contributed by atoms with Gasteiger partial charge in [-0.3, -0.25) is 0 Å². The number of halogens is 2. The third-order valence-electron chi connectivity index (χ3n) is 8.09. The molecular formula is C35H34Cl2LiN3O7. The monoisotopic (exact) mass is 685 g/mol. The number of aromatic carboxylic acids is 1. The predicted octanol–water partition coefficient (Wildman–Crippen LogP) is 6.43. The van der Waals surface area contributed by atoms with Gasteiger partial charge in [0.05, 0.1) is 32.5 Å². The van der Waals surface area contributed by atoms with Crippen molar-refractivity contribution in [2.24, 2.45) is 0 Å². The zero-order valence-electron chi connectivity index (χ0n) is 26.9. The Morgan fingerprint density at radius 3 is 1.54 bits per heavy atom. The van der Waals surface area contributed by atoms with E-state index in [1.807, 2.05) is 54.6 Å². The minimum Gasteiger partial charge on any atom is -0.870 e. The van der Waals surface area contributed by atoms with Crippen LogP contribution in [0.4, 0.5) is 0 Å². The van der Waals surface area contributed by atoms with Gasteiger partial charge in [0, 0.05) is 10.0 Å². The molecule has 4 aromatic rings. The number of carbonyl (C=O) groups is 2. The number of hydrogen-bond acceptors (Lipinski definition) is 7. The van der Waals surface area contributed by atoms with Gasteiger partial charge in [0.1, 0.15) is 11.5 Å². The van der Waals surface area contributed by atoms with Crippen molar-refractivity contribution in [3.8, 4) is 11.5 Å². The number of carbonyl (C=O) groups excluding carboxylic acids is 1. The maximum Gasteiger partial charge on any atom is 1.00 e. The maximum absolute atomic E-state index is 11.6. The molecule has 10 nitrogen and oxygen atoms in total. The van der Waals surface area contributed by atoms with E-state index in [9.17, 15) is 9.59 Å². The molecule has 0 unspecified atom stereocenters. The molecule has 2 aliphatic rings. The van der Waals surface area contributed by atoms with E-state index in [-0.39, 0.29) is 30.3 Å². The molecule has 0 bridgehead atoms. The predicted molar refractivity (Wildman–Crippen MR) is 179 cm³/mol. The van der Waals surface area contributed by atoms with Crippen molar-refractivity contribution in [3.05, 3.63) is 139 Å². The Kier molecular flexibility index (Phi) is 15.4. The molecule has 2 aliphatic carbocycles. The molecule has 0 aliphatic heterocycles. The Hall–Kier alpha value is -4.13. The van der Waals surface area contributed by atoms with Gasteiger partial charge in [-0.05, 0) is 118 Å². The second-order valence-corrected chi connectivity index (χ2v) is 11.6. The zero-order chi connectivity index (χ0) is 33.4. The number of methoxy groups -OCH3 is 3. The summed E-state index contributed by atoms with van der Waals surface area (Å²) in [7, 11) is 4.64. The Balaban J connectivity index is 0.000000297. The number of nitrogens with one attached hydrogen (secondary N) is 1. The summed E-state index contributed by atoms with van der Waals surface area (Å²) in [6.07, 6.45) is 2.03. The number of nitrogens with zero attached hydrogens (tertiary/aromatic N) is 2. The molecule has 0 heterocycles. The molecule has 246 valence electrons. The number of benzene rings is 4. The summed E-state index contributed by atoms with van der Waals surface area (Å²) in [5, 5.41) is 10.5. The quantitative estimate of drug-likeness (QED) is 0.0707. The van der Waals surface area contributed by atoms with Crippen molar-refractivity contribution in [1.82, 2.24) is 0 Å². The normalized spacial score (nSPS) is 17.9. The van der Waals surface area contributed by atoms with E-state index in [2.05, 4.69) is 6.07 Å². The molecule has 0 spiro atoms. The topological polar surface area (TPSA) is 172 Å². The van der Waals surface area contributed by atoms with E-state index in [1.165, 1.54) is 7.11 Å². The number of hydrogen-bond donors (Lipinski definition) is 2. The summed E-state index contributed by atoms with van der Waals surface area (Å²) < 4.78 is 15.1. The molecule has 2 fully saturated rings. The number of carboxylic acid groups (broad SMARTS) is 1. The largest absolute Gasteiger partial charge is 1.00 e. The molecule has 2 saturated carbocycles. The first-order chi connectivity index (χ1) is 22.1. The van der Waals surface area contributed by atoms with Crippen LogP contribution in [-0.2, 0) is 4.74 Å². The smallest absolute Gasteiger partial charge is 0.870 e. The third-order valence-corrected chi connectivity index (χ3v) is 8.75. The summed E-state index contributed by atoms with van der Waals surface area (Å²) in [5.41, 5.74) is 17.6. The number of rotatable bonds is 8. The molecule has 48 heavy (non-hydrogen) atoms. The molecule has 4 aromatic carbocycles. The Morgan fingerprint density at radius 1 is 0.750 bits per heavy atom. The zero-order valence-corrected chi connectivity index (χ0v) is 28.4. The molecule has 0 amide bonds. The van der Waals surface area contributed by atoms with Crippen LogP contribution in [0.5, 0.6) is 11.5 Å². The van der Waals surface area contributed by atoms with Crippen molar-refractivity contribution in [2.45, 2.75) is 36.5 Å². The van der Waals surface area contributed by atoms with Gasteiger partial charge in [-0.1, -0.05) is 59.6 Å². The first-order valence-corrected chi connectivity index (χ1v) is 15.1. The number of esters is 1. The summed E-state index contributed by atoms with van der Waals surface area (Å²) >= 11 is 12.6. The van der Waals surface area contributed by atoms with Gasteiger partial charge in [0.2, 0.25) is 0 Å². The molecule has 0 saturated heterocycles. The van der Waals surface area contributed by atoms with Crippen LogP contribution in [0, 0.1) is 5.53 Å². The summed E-state index contributed by atoms with van der Waals surface area (Å²) in [5.74, 6) is 1.80. The van der Waals surface area contributed by atoms with Crippen LogP contribution in [0.1, 0.15) is 79.5 Å². The van der Waals surface area contributed by atoms with Gasteiger partial charge >= 0.3 is 30.8 Å². The fraction of sp³-hybridized carbons (Fsp3) is 0.257. The minimum absolute atomic E-state index is 0. The molecule has 0 aromatic heterocycles. The Bertz CT molecular complexity index is 1770. The summed E-state index contributed by atoms with van der Waals surface area (Å²) in [4.78, 5) is 24.4. The molecule has 3 N–H and O–H groups in total. The van der Waals surface area contributed by atoms with Gasteiger partial charge in [-0.2, -0.15) is 0 Å². The van der Waals surface area contributed by atoms with Crippen LogP contribution in [0.2, 0.25) is 10.0 Å². The van der Waals surface area contributed by atoms with Gasteiger partial charge in [-0.25, -0.2) is 9.59 Å². The minimum atomic E-state index is -0.892. The van der Waals surface area contributed by atoms with Crippen LogP contribution < -0.4 is 28.3 Å². The van der Waals surface area contributed by atoms with E-state index in [4.69, 9.17) is 53.6 Å². The SMILES string of the molecule is COC(=O)c1cccc([C@H]2C[C@@H]2c2ccc(OC)cc2Cl)c1.COc1ccc([C@H]2C[C@@H]2c2cccc(C(=O)O)c2)c(Cl)c1.[Li+].[N-]=[N+]=N.[OH-]. The molecule has 6 rings (SSSR count). The van der Waals surface area contributed by atoms with Crippen molar-refractivity contribution in [3.63, 3.8) is 0 Å². The average molecular weight is 687 g/mol. The fourth-order valence-electron chi connectivity index (χ4n) is 5.60. The van der Waals surface area contributed by atoms with E-state index < -0.39 is 5.97 Å². The van der Waals surface area contributed by atoms with Crippen LogP contribution in [-0.4, -0.2) is 43.9 Å². The summed E-state index contributed by atoms with van der Waals surface area (Å²) in [6.45, 7) is 0. The molecule has 13 heteroatoms. The summed E-state index contributed by atoms with van der Waals surface area (Å²) in [6, 6.07) is 26.3. The van der Waals surface area contributed by atoms with Crippen LogP contribution >= 0.6 is 23.2 Å². The van der Waals surface area contributed by atoms with Crippen LogP contribution in [0.3, 0.4) is 0 Å². The molecule has 4 atom stereocenters. The van der Waals surface area contributed by atoms with Crippen molar-refractivity contribution in [1.29, 1.82) is 5.53 Å². The number of ether oxygens (including phenoxy) is 3. The van der Waals surface area contributed by atoms with E-state index in [0.717, 1.165) is 51.6 Å². The number of carboxylic acids is 1. The average Bonchev–Trinajstić information content (AvgIpc) is 4.00. The second-order valence-electron chi connectivity index (χ2n) is 10.8. The van der Waals surface area contributed by atoms with Crippen LogP contribution in [0.25, 0.3) is 10.4 Å².